The minimum atomic E-state index is -0.350. The lowest BCUT2D eigenvalue weighted by Crippen LogP contribution is -2.31. The molecule has 6 heteroatoms. The molecule has 1 aromatic heterocycles. The molecule has 17 heavy (non-hydrogen) atoms. The van der Waals surface area contributed by atoms with Crippen molar-refractivity contribution < 1.29 is 4.79 Å². The minimum Gasteiger partial charge on any atom is -0.311 e. The van der Waals surface area contributed by atoms with E-state index < -0.39 is 0 Å². The number of halogens is 2. The number of carbonyl (C=O) groups excluding carboxylic acids is 1. The van der Waals surface area contributed by atoms with Gasteiger partial charge in [-0.15, -0.1) is 0 Å². The molecule has 2 rings (SSSR count). The quantitative estimate of drug-likeness (QED) is 0.508. The smallest absolute Gasteiger partial charge is 0.282 e. The van der Waals surface area contributed by atoms with Crippen molar-refractivity contribution in [2.45, 2.75) is 0 Å². The monoisotopic (exact) mass is 313 g/mol. The number of hydrazine groups is 1. The molecular weight excluding hydrogens is 305 g/mol. The molecule has 0 aliphatic carbocycles. The van der Waals surface area contributed by atoms with Gasteiger partial charge in [-0.25, -0.2) is 5.84 Å². The summed E-state index contributed by atoms with van der Waals surface area (Å²) in [6, 6.07) is 8.79. The van der Waals surface area contributed by atoms with Gasteiger partial charge in [0.2, 0.25) is 0 Å². The van der Waals surface area contributed by atoms with Crippen molar-refractivity contribution >= 4 is 33.4 Å². The molecule has 88 valence electrons. The van der Waals surface area contributed by atoms with Crippen LogP contribution in [0.5, 0.6) is 0 Å². The second kappa shape index (κ2) is 4.91. The van der Waals surface area contributed by atoms with Crippen molar-refractivity contribution in [2.75, 3.05) is 0 Å². The molecule has 0 spiro atoms. The number of aromatic nitrogens is 1. The molecule has 0 bridgehead atoms. The fraction of sp³-hybridized carbons (Fsp3) is 0. The van der Waals surface area contributed by atoms with Crippen molar-refractivity contribution in [1.29, 1.82) is 0 Å². The molecular formula is C11H9BrClN3O. The first kappa shape index (κ1) is 12.2. The fourth-order valence-electron chi connectivity index (χ4n) is 1.53. The van der Waals surface area contributed by atoms with Gasteiger partial charge < -0.3 is 4.57 Å². The van der Waals surface area contributed by atoms with Crippen molar-refractivity contribution in [3.8, 4) is 5.69 Å². The zero-order valence-electron chi connectivity index (χ0n) is 8.65. The summed E-state index contributed by atoms with van der Waals surface area (Å²) in [4.78, 5) is 11.5. The Hall–Kier alpha value is -1.30. The van der Waals surface area contributed by atoms with E-state index in [-0.39, 0.29) is 5.91 Å². The van der Waals surface area contributed by atoms with Crippen LogP contribution in [0.25, 0.3) is 5.69 Å². The Morgan fingerprint density at radius 2 is 2.18 bits per heavy atom. The summed E-state index contributed by atoms with van der Waals surface area (Å²) in [5.41, 5.74) is 3.38. The van der Waals surface area contributed by atoms with Crippen molar-refractivity contribution in [3.05, 3.63) is 51.7 Å². The molecule has 3 N–H and O–H groups in total. The van der Waals surface area contributed by atoms with Crippen LogP contribution in [0.2, 0.25) is 5.02 Å². The number of hydrogen-bond acceptors (Lipinski definition) is 2. The number of amides is 1. The van der Waals surface area contributed by atoms with Gasteiger partial charge in [-0.3, -0.25) is 10.2 Å². The SMILES string of the molecule is NNC(=O)c1cccn1-c1ccc(Cl)cc1Br. The number of benzene rings is 1. The van der Waals surface area contributed by atoms with Crippen LogP contribution in [-0.2, 0) is 0 Å². The molecule has 0 unspecified atom stereocenters. The maximum atomic E-state index is 11.5. The number of carbonyl (C=O) groups is 1. The average Bonchev–Trinajstić information content (AvgIpc) is 2.77. The maximum Gasteiger partial charge on any atom is 0.282 e. The van der Waals surface area contributed by atoms with Gasteiger partial charge in [0.25, 0.3) is 5.91 Å². The highest BCUT2D eigenvalue weighted by Gasteiger charge is 2.12. The van der Waals surface area contributed by atoms with Crippen LogP contribution in [0.15, 0.2) is 41.0 Å². The Morgan fingerprint density at radius 3 is 2.82 bits per heavy atom. The highest BCUT2D eigenvalue weighted by atomic mass is 79.9. The number of nitrogens with two attached hydrogens (primary N) is 1. The Bertz CT molecular complexity index is 568. The van der Waals surface area contributed by atoms with E-state index in [1.807, 2.05) is 6.07 Å². The summed E-state index contributed by atoms with van der Waals surface area (Å²) in [7, 11) is 0. The van der Waals surface area contributed by atoms with Gasteiger partial charge in [-0.2, -0.15) is 0 Å². The number of rotatable bonds is 2. The molecule has 0 aliphatic rings. The van der Waals surface area contributed by atoms with Crippen LogP contribution in [0.4, 0.5) is 0 Å². The number of nitrogens with one attached hydrogen (secondary N) is 1. The zero-order chi connectivity index (χ0) is 12.4. The molecule has 0 saturated heterocycles. The summed E-state index contributed by atoms with van der Waals surface area (Å²) in [6.07, 6.45) is 1.78. The standard InChI is InChI=1S/C11H9BrClN3O/c12-8-6-7(13)3-4-9(8)16-5-1-2-10(16)11(17)15-14/h1-6H,14H2,(H,15,17). The van der Waals surface area contributed by atoms with Crippen LogP contribution >= 0.6 is 27.5 Å². The first-order valence-corrected chi connectivity index (χ1v) is 5.94. The van der Waals surface area contributed by atoms with Crippen molar-refractivity contribution in [2.24, 2.45) is 5.84 Å². The lowest BCUT2D eigenvalue weighted by Gasteiger charge is -2.10. The maximum absolute atomic E-state index is 11.5. The predicted molar refractivity (Wildman–Crippen MR) is 70.1 cm³/mol. The van der Waals surface area contributed by atoms with Gasteiger partial charge in [0.15, 0.2) is 0 Å². The third kappa shape index (κ3) is 2.36. The van der Waals surface area contributed by atoms with Crippen LogP contribution in [0.1, 0.15) is 10.5 Å². The van der Waals surface area contributed by atoms with Gasteiger partial charge in [0.1, 0.15) is 5.69 Å². The topological polar surface area (TPSA) is 60.0 Å². The highest BCUT2D eigenvalue weighted by molar-refractivity contribution is 9.10. The normalized spacial score (nSPS) is 10.3. The van der Waals surface area contributed by atoms with Gasteiger partial charge in [0.05, 0.1) is 5.69 Å². The number of nitrogen functional groups attached to an aromatic ring is 1. The van der Waals surface area contributed by atoms with Crippen molar-refractivity contribution in [3.63, 3.8) is 0 Å². The minimum absolute atomic E-state index is 0.350. The van der Waals surface area contributed by atoms with E-state index >= 15 is 0 Å². The van der Waals surface area contributed by atoms with Gasteiger partial charge >= 0.3 is 0 Å². The van der Waals surface area contributed by atoms with Gasteiger partial charge in [-0.05, 0) is 46.3 Å². The van der Waals surface area contributed by atoms with Crippen molar-refractivity contribution in [1.82, 2.24) is 9.99 Å². The molecule has 1 aromatic carbocycles. The second-order valence-corrected chi connectivity index (χ2v) is 4.62. The largest absolute Gasteiger partial charge is 0.311 e. The molecule has 1 heterocycles. The van der Waals surface area contributed by atoms with Crippen LogP contribution in [-0.4, -0.2) is 10.5 Å². The average molecular weight is 315 g/mol. The molecule has 4 nitrogen and oxygen atoms in total. The second-order valence-electron chi connectivity index (χ2n) is 3.33. The lowest BCUT2D eigenvalue weighted by atomic mass is 10.3. The molecule has 0 fully saturated rings. The zero-order valence-corrected chi connectivity index (χ0v) is 11.0. The lowest BCUT2D eigenvalue weighted by molar-refractivity contribution is 0.0947. The summed E-state index contributed by atoms with van der Waals surface area (Å²) >= 11 is 9.27. The van der Waals surface area contributed by atoms with Crippen LogP contribution in [0.3, 0.4) is 0 Å². The molecule has 0 radical (unpaired) electrons. The van der Waals surface area contributed by atoms with E-state index in [9.17, 15) is 4.79 Å². The predicted octanol–water partition coefficient (Wildman–Crippen LogP) is 2.50. The van der Waals surface area contributed by atoms with E-state index in [2.05, 4.69) is 21.4 Å². The number of hydrogen-bond donors (Lipinski definition) is 2. The molecule has 2 aromatic rings. The van der Waals surface area contributed by atoms with E-state index in [1.54, 1.807) is 35.0 Å². The Kier molecular flexibility index (Phi) is 3.51. The van der Waals surface area contributed by atoms with Crippen LogP contribution in [0, 0.1) is 0 Å². The Morgan fingerprint density at radius 1 is 1.41 bits per heavy atom. The van der Waals surface area contributed by atoms with Crippen LogP contribution < -0.4 is 11.3 Å². The third-order valence-electron chi connectivity index (χ3n) is 2.28. The molecule has 0 aliphatic heterocycles. The third-order valence-corrected chi connectivity index (χ3v) is 3.15. The van der Waals surface area contributed by atoms with Gasteiger partial charge in [0, 0.05) is 15.7 Å². The summed E-state index contributed by atoms with van der Waals surface area (Å²) < 4.78 is 2.52. The first-order valence-electron chi connectivity index (χ1n) is 4.77. The van der Waals surface area contributed by atoms with E-state index in [0.717, 1.165) is 10.2 Å². The summed E-state index contributed by atoms with van der Waals surface area (Å²) in [5, 5.41) is 0.623. The molecule has 0 saturated carbocycles. The summed E-state index contributed by atoms with van der Waals surface area (Å²) in [6.45, 7) is 0. The summed E-state index contributed by atoms with van der Waals surface area (Å²) in [5.74, 6) is 4.78. The molecule has 0 atom stereocenters. The van der Waals surface area contributed by atoms with E-state index in [4.69, 9.17) is 17.4 Å². The Balaban J connectivity index is 2.53. The number of nitrogens with zero attached hydrogens (tertiary/aromatic N) is 1. The Labute approximate surface area is 111 Å². The fourth-order valence-corrected chi connectivity index (χ4v) is 2.40. The van der Waals surface area contributed by atoms with E-state index in [1.165, 1.54) is 0 Å². The van der Waals surface area contributed by atoms with E-state index in [0.29, 0.717) is 10.7 Å². The first-order chi connectivity index (χ1) is 8.13. The highest BCUT2D eigenvalue weighted by Crippen LogP contribution is 2.26. The van der Waals surface area contributed by atoms with Gasteiger partial charge in [-0.1, -0.05) is 11.6 Å². The molecule has 1 amide bonds.